The Morgan fingerprint density at radius 3 is 1.71 bits per heavy atom. The lowest BCUT2D eigenvalue weighted by Gasteiger charge is -2.01. The molecule has 0 aliphatic rings. The minimum absolute atomic E-state index is 0.234. The van der Waals surface area contributed by atoms with Crippen LogP contribution in [0.4, 0.5) is 0 Å². The van der Waals surface area contributed by atoms with E-state index in [-0.39, 0.29) is 6.10 Å². The summed E-state index contributed by atoms with van der Waals surface area (Å²) < 4.78 is 0. The summed E-state index contributed by atoms with van der Waals surface area (Å²) in [4.78, 5) is 0. The third-order valence-corrected chi connectivity index (χ3v) is 2.13. The highest BCUT2D eigenvalue weighted by molar-refractivity contribution is 5.18. The molecular weight excluding hydrogens is 212 g/mol. The molecular formula is C15H18O2. The molecule has 0 radical (unpaired) electrons. The van der Waals surface area contributed by atoms with E-state index in [4.69, 9.17) is 10.2 Å². The van der Waals surface area contributed by atoms with Crippen molar-refractivity contribution in [2.45, 2.75) is 19.4 Å². The van der Waals surface area contributed by atoms with Gasteiger partial charge in [-0.05, 0) is 31.0 Å². The van der Waals surface area contributed by atoms with Crippen LogP contribution in [0.5, 0.6) is 5.75 Å². The zero-order valence-corrected chi connectivity index (χ0v) is 9.95. The number of aliphatic hydroxyl groups excluding tert-OH is 1. The van der Waals surface area contributed by atoms with Gasteiger partial charge in [0.1, 0.15) is 5.75 Å². The SMILES string of the molecule is CC(O)Cc1ccccc1.Oc1ccccc1. The number of para-hydroxylation sites is 1. The van der Waals surface area contributed by atoms with Crippen LogP contribution in [0.3, 0.4) is 0 Å². The van der Waals surface area contributed by atoms with E-state index in [1.54, 1.807) is 31.2 Å². The number of phenolic OH excluding ortho intramolecular Hbond substituents is 1. The Kier molecular flexibility index (Phi) is 5.83. The molecule has 90 valence electrons. The molecule has 0 fully saturated rings. The number of hydrogen-bond donors (Lipinski definition) is 2. The van der Waals surface area contributed by atoms with Gasteiger partial charge in [0.2, 0.25) is 0 Å². The standard InChI is InChI=1S/C9H12O.C6H6O/c1-8(10)7-9-5-3-2-4-6-9;7-6-4-2-1-3-5-6/h2-6,8,10H,7H2,1H3;1-5,7H. The van der Waals surface area contributed by atoms with Gasteiger partial charge in [-0.2, -0.15) is 0 Å². The van der Waals surface area contributed by atoms with Crippen LogP contribution in [0.2, 0.25) is 0 Å². The van der Waals surface area contributed by atoms with Crippen LogP contribution in [-0.4, -0.2) is 16.3 Å². The molecule has 17 heavy (non-hydrogen) atoms. The maximum Gasteiger partial charge on any atom is 0.115 e. The van der Waals surface area contributed by atoms with Crippen molar-refractivity contribution in [2.24, 2.45) is 0 Å². The van der Waals surface area contributed by atoms with Crippen molar-refractivity contribution in [2.75, 3.05) is 0 Å². The predicted molar refractivity (Wildman–Crippen MR) is 69.9 cm³/mol. The summed E-state index contributed by atoms with van der Waals surface area (Å²) in [6, 6.07) is 18.7. The van der Waals surface area contributed by atoms with Crippen LogP contribution >= 0.6 is 0 Å². The molecule has 0 heterocycles. The zero-order chi connectivity index (χ0) is 12.5. The highest BCUT2D eigenvalue weighted by Gasteiger charge is 1.95. The molecule has 2 aromatic carbocycles. The van der Waals surface area contributed by atoms with Crippen LogP contribution in [0.25, 0.3) is 0 Å². The lowest BCUT2D eigenvalue weighted by molar-refractivity contribution is 0.195. The van der Waals surface area contributed by atoms with E-state index in [0.29, 0.717) is 5.75 Å². The molecule has 2 aromatic rings. The van der Waals surface area contributed by atoms with Crippen molar-refractivity contribution in [1.82, 2.24) is 0 Å². The summed E-state index contributed by atoms with van der Waals surface area (Å²) in [7, 11) is 0. The lowest BCUT2D eigenvalue weighted by Crippen LogP contribution is -2.03. The van der Waals surface area contributed by atoms with Crippen molar-refractivity contribution in [3.8, 4) is 5.75 Å². The minimum atomic E-state index is -0.234. The molecule has 0 saturated carbocycles. The third-order valence-electron chi connectivity index (χ3n) is 2.13. The molecule has 2 N–H and O–H groups in total. The summed E-state index contributed by atoms with van der Waals surface area (Å²) in [5.41, 5.74) is 1.19. The van der Waals surface area contributed by atoms with E-state index < -0.39 is 0 Å². The largest absolute Gasteiger partial charge is 0.508 e. The molecule has 0 spiro atoms. The van der Waals surface area contributed by atoms with Crippen molar-refractivity contribution in [3.63, 3.8) is 0 Å². The predicted octanol–water partition coefficient (Wildman–Crippen LogP) is 3.00. The first-order valence-electron chi connectivity index (χ1n) is 5.64. The van der Waals surface area contributed by atoms with Gasteiger partial charge in [-0.25, -0.2) is 0 Å². The number of aliphatic hydroxyl groups is 1. The molecule has 0 aromatic heterocycles. The van der Waals surface area contributed by atoms with Crippen molar-refractivity contribution in [3.05, 3.63) is 66.2 Å². The smallest absolute Gasteiger partial charge is 0.115 e. The molecule has 2 heteroatoms. The van der Waals surface area contributed by atoms with Gasteiger partial charge in [0.05, 0.1) is 6.10 Å². The quantitative estimate of drug-likeness (QED) is 0.832. The topological polar surface area (TPSA) is 40.5 Å². The number of hydrogen-bond acceptors (Lipinski definition) is 2. The first kappa shape index (κ1) is 13.3. The Morgan fingerprint density at radius 2 is 1.35 bits per heavy atom. The lowest BCUT2D eigenvalue weighted by atomic mass is 10.1. The van der Waals surface area contributed by atoms with Crippen LogP contribution < -0.4 is 0 Å². The average Bonchev–Trinajstić information content (AvgIpc) is 2.31. The van der Waals surface area contributed by atoms with Crippen molar-refractivity contribution < 1.29 is 10.2 Å². The number of rotatable bonds is 2. The molecule has 0 saturated heterocycles. The Balaban J connectivity index is 0.000000181. The summed E-state index contributed by atoms with van der Waals surface area (Å²) >= 11 is 0. The number of benzene rings is 2. The minimum Gasteiger partial charge on any atom is -0.508 e. The van der Waals surface area contributed by atoms with Crippen LogP contribution in [0.1, 0.15) is 12.5 Å². The van der Waals surface area contributed by atoms with Gasteiger partial charge >= 0.3 is 0 Å². The van der Waals surface area contributed by atoms with Gasteiger partial charge in [0, 0.05) is 0 Å². The summed E-state index contributed by atoms with van der Waals surface area (Å²) in [6.45, 7) is 1.80. The Labute approximate surface area is 102 Å². The Hall–Kier alpha value is -1.80. The van der Waals surface area contributed by atoms with Gasteiger partial charge in [0.15, 0.2) is 0 Å². The molecule has 1 atom stereocenters. The highest BCUT2D eigenvalue weighted by atomic mass is 16.3. The van der Waals surface area contributed by atoms with E-state index in [0.717, 1.165) is 6.42 Å². The van der Waals surface area contributed by atoms with E-state index in [2.05, 4.69) is 0 Å². The van der Waals surface area contributed by atoms with E-state index >= 15 is 0 Å². The molecule has 0 aliphatic carbocycles. The third kappa shape index (κ3) is 6.38. The maximum atomic E-state index is 9.01. The number of phenols is 1. The van der Waals surface area contributed by atoms with Gasteiger partial charge in [-0.3, -0.25) is 0 Å². The average molecular weight is 230 g/mol. The first-order chi connectivity index (χ1) is 8.18. The second-order valence-corrected chi connectivity index (χ2v) is 3.87. The second kappa shape index (κ2) is 7.47. The fourth-order valence-electron chi connectivity index (χ4n) is 1.38. The van der Waals surface area contributed by atoms with Crippen molar-refractivity contribution >= 4 is 0 Å². The molecule has 0 aliphatic heterocycles. The van der Waals surface area contributed by atoms with Gasteiger partial charge in [0.25, 0.3) is 0 Å². The Bertz CT molecular complexity index is 396. The molecule has 0 bridgehead atoms. The summed E-state index contributed by atoms with van der Waals surface area (Å²) in [5, 5.41) is 17.6. The van der Waals surface area contributed by atoms with E-state index in [1.165, 1.54) is 5.56 Å². The monoisotopic (exact) mass is 230 g/mol. The van der Waals surface area contributed by atoms with E-state index in [9.17, 15) is 0 Å². The Morgan fingerprint density at radius 1 is 0.882 bits per heavy atom. The zero-order valence-electron chi connectivity index (χ0n) is 9.95. The normalized spacial score (nSPS) is 11.2. The van der Waals surface area contributed by atoms with Gasteiger partial charge in [-0.1, -0.05) is 48.5 Å². The first-order valence-corrected chi connectivity index (χ1v) is 5.64. The summed E-state index contributed by atoms with van der Waals surface area (Å²) in [6.07, 6.45) is 0.517. The highest BCUT2D eigenvalue weighted by Crippen LogP contribution is 2.03. The fraction of sp³-hybridized carbons (Fsp3) is 0.200. The molecule has 0 amide bonds. The second-order valence-electron chi connectivity index (χ2n) is 3.87. The maximum absolute atomic E-state index is 9.01. The molecule has 2 nitrogen and oxygen atoms in total. The molecule has 2 rings (SSSR count). The van der Waals surface area contributed by atoms with Gasteiger partial charge < -0.3 is 10.2 Å². The molecule has 1 unspecified atom stereocenters. The van der Waals surface area contributed by atoms with Crippen LogP contribution in [-0.2, 0) is 6.42 Å². The van der Waals surface area contributed by atoms with Crippen LogP contribution in [0, 0.1) is 0 Å². The van der Waals surface area contributed by atoms with Crippen molar-refractivity contribution in [1.29, 1.82) is 0 Å². The number of aromatic hydroxyl groups is 1. The van der Waals surface area contributed by atoms with Crippen LogP contribution in [0.15, 0.2) is 60.7 Å². The fourth-order valence-corrected chi connectivity index (χ4v) is 1.38. The van der Waals surface area contributed by atoms with E-state index in [1.807, 2.05) is 36.4 Å². The summed E-state index contributed by atoms with van der Waals surface area (Å²) in [5.74, 6) is 0.322. The van der Waals surface area contributed by atoms with Gasteiger partial charge in [-0.15, -0.1) is 0 Å².